The van der Waals surface area contributed by atoms with Crippen molar-refractivity contribution < 1.29 is 9.59 Å². The lowest BCUT2D eigenvalue weighted by molar-refractivity contribution is -0.117. The van der Waals surface area contributed by atoms with Crippen LogP contribution < -0.4 is 10.9 Å². The fourth-order valence-corrected chi connectivity index (χ4v) is 4.25. The fourth-order valence-electron chi connectivity index (χ4n) is 4.25. The highest BCUT2D eigenvalue weighted by molar-refractivity contribution is 6.04. The minimum absolute atomic E-state index is 0.0647. The molecule has 178 valence electrons. The minimum Gasteiger partial charge on any atom is -0.335 e. The van der Waals surface area contributed by atoms with E-state index in [0.717, 1.165) is 16.8 Å². The number of carbonyl (C=O) groups excluding carboxylic acids is 2. The number of aryl methyl sites for hydroxylation is 1. The molecule has 2 aromatic carbocycles. The van der Waals surface area contributed by atoms with Gasteiger partial charge in [-0.25, -0.2) is 4.68 Å². The summed E-state index contributed by atoms with van der Waals surface area (Å²) >= 11 is 0. The van der Waals surface area contributed by atoms with E-state index in [-0.39, 0.29) is 30.0 Å². The van der Waals surface area contributed by atoms with Gasteiger partial charge in [0.25, 0.3) is 11.5 Å². The number of nitrogens with zero attached hydrogens (tertiary/aromatic N) is 4. The molecular weight excluding hydrogens is 430 g/mol. The Bertz CT molecular complexity index is 1290. The van der Waals surface area contributed by atoms with Crippen LogP contribution in [0.4, 0.5) is 5.69 Å². The van der Waals surface area contributed by atoms with Gasteiger partial charge in [0.05, 0.1) is 18.0 Å². The summed E-state index contributed by atoms with van der Waals surface area (Å²) in [7, 11) is 0. The lowest BCUT2D eigenvalue weighted by Gasteiger charge is -2.34. The highest BCUT2D eigenvalue weighted by Gasteiger charge is 2.27. The Morgan fingerprint density at radius 1 is 0.971 bits per heavy atom. The van der Waals surface area contributed by atoms with Gasteiger partial charge in [-0.05, 0) is 51.0 Å². The third kappa shape index (κ3) is 4.72. The zero-order chi connectivity index (χ0) is 24.4. The van der Waals surface area contributed by atoms with E-state index in [1.165, 1.54) is 4.68 Å². The van der Waals surface area contributed by atoms with Crippen molar-refractivity contribution in [3.63, 3.8) is 0 Å². The lowest BCUT2D eigenvalue weighted by Crippen LogP contribution is -2.50. The van der Waals surface area contributed by atoms with Gasteiger partial charge in [0.15, 0.2) is 5.69 Å². The largest absolute Gasteiger partial charge is 0.335 e. The monoisotopic (exact) mass is 461 g/mol. The van der Waals surface area contributed by atoms with Crippen molar-refractivity contribution in [2.75, 3.05) is 38.0 Å². The van der Waals surface area contributed by atoms with Crippen LogP contribution in [0.15, 0.2) is 47.3 Å². The number of aromatic nitrogens is 2. The van der Waals surface area contributed by atoms with Crippen molar-refractivity contribution in [2.45, 2.75) is 33.7 Å². The van der Waals surface area contributed by atoms with Gasteiger partial charge in [-0.2, -0.15) is 5.10 Å². The molecule has 8 nitrogen and oxygen atoms in total. The van der Waals surface area contributed by atoms with Gasteiger partial charge < -0.3 is 10.2 Å². The van der Waals surface area contributed by atoms with E-state index in [0.29, 0.717) is 42.6 Å². The number of carbonyl (C=O) groups is 2. The van der Waals surface area contributed by atoms with Crippen LogP contribution in [0.25, 0.3) is 10.8 Å². The van der Waals surface area contributed by atoms with Gasteiger partial charge in [-0.3, -0.25) is 19.3 Å². The van der Waals surface area contributed by atoms with Crippen molar-refractivity contribution in [2.24, 2.45) is 0 Å². The first-order chi connectivity index (χ1) is 16.3. The number of amides is 2. The predicted molar refractivity (Wildman–Crippen MR) is 133 cm³/mol. The Balaban J connectivity index is 1.44. The summed E-state index contributed by atoms with van der Waals surface area (Å²) < 4.78 is 1.38. The van der Waals surface area contributed by atoms with Gasteiger partial charge in [0, 0.05) is 37.3 Å². The molecule has 8 heteroatoms. The summed E-state index contributed by atoms with van der Waals surface area (Å²) in [5.41, 5.74) is 3.13. The summed E-state index contributed by atoms with van der Waals surface area (Å²) in [6.45, 7) is 10.2. The molecule has 0 spiro atoms. The Labute approximate surface area is 199 Å². The fraction of sp³-hybridized carbons (Fsp3) is 0.385. The first-order valence-electron chi connectivity index (χ1n) is 11.7. The molecule has 1 fully saturated rings. The molecule has 2 amide bonds. The molecule has 0 aliphatic carbocycles. The van der Waals surface area contributed by atoms with E-state index in [1.54, 1.807) is 23.1 Å². The van der Waals surface area contributed by atoms with Crippen LogP contribution >= 0.6 is 0 Å². The standard InChI is InChI=1S/C26H31N5O3/c1-17(2)31-25(33)21-10-6-5-9-20(21)24(28-31)26(34)30-14-12-29(13-15-30)16-23(32)27-22-11-7-8-18(3)19(22)4/h5-11,17H,12-16H2,1-4H3,(H,27,32). The minimum atomic E-state index is -0.193. The second kappa shape index (κ2) is 9.77. The Morgan fingerprint density at radius 2 is 1.65 bits per heavy atom. The van der Waals surface area contributed by atoms with E-state index in [9.17, 15) is 14.4 Å². The number of hydrogen-bond acceptors (Lipinski definition) is 5. The van der Waals surface area contributed by atoms with Gasteiger partial charge >= 0.3 is 0 Å². The number of rotatable bonds is 5. The Hall–Kier alpha value is -3.52. The van der Waals surface area contributed by atoms with Crippen LogP contribution in [0, 0.1) is 13.8 Å². The average molecular weight is 462 g/mol. The summed E-state index contributed by atoms with van der Waals surface area (Å²) in [5, 5.41) is 8.51. The highest BCUT2D eigenvalue weighted by Crippen LogP contribution is 2.19. The highest BCUT2D eigenvalue weighted by atomic mass is 16.2. The molecule has 34 heavy (non-hydrogen) atoms. The predicted octanol–water partition coefficient (Wildman–Crippen LogP) is 2.99. The van der Waals surface area contributed by atoms with Gasteiger partial charge in [-0.15, -0.1) is 0 Å². The maximum atomic E-state index is 13.4. The molecule has 1 aliphatic heterocycles. The third-order valence-electron chi connectivity index (χ3n) is 6.43. The van der Waals surface area contributed by atoms with Gasteiger partial charge in [0.2, 0.25) is 5.91 Å². The summed E-state index contributed by atoms with van der Waals surface area (Å²) in [6, 6.07) is 12.8. The number of piperazine rings is 1. The van der Waals surface area contributed by atoms with Crippen molar-refractivity contribution in [3.05, 3.63) is 69.6 Å². The molecule has 1 N–H and O–H groups in total. The van der Waals surface area contributed by atoms with E-state index in [4.69, 9.17) is 0 Å². The third-order valence-corrected chi connectivity index (χ3v) is 6.43. The van der Waals surface area contributed by atoms with Crippen molar-refractivity contribution >= 4 is 28.3 Å². The van der Waals surface area contributed by atoms with Crippen LogP contribution in [0.5, 0.6) is 0 Å². The number of anilines is 1. The molecular formula is C26H31N5O3. The number of fused-ring (bicyclic) bond motifs is 1. The maximum Gasteiger partial charge on any atom is 0.275 e. The zero-order valence-corrected chi connectivity index (χ0v) is 20.2. The summed E-state index contributed by atoms with van der Waals surface area (Å²) in [6.07, 6.45) is 0. The van der Waals surface area contributed by atoms with E-state index in [2.05, 4.69) is 10.4 Å². The smallest absolute Gasteiger partial charge is 0.275 e. The molecule has 1 saturated heterocycles. The van der Waals surface area contributed by atoms with Crippen LogP contribution in [0.1, 0.15) is 41.5 Å². The summed E-state index contributed by atoms with van der Waals surface area (Å²) in [5.74, 6) is -0.254. The molecule has 2 heterocycles. The molecule has 0 bridgehead atoms. The Morgan fingerprint density at radius 3 is 2.32 bits per heavy atom. The molecule has 0 radical (unpaired) electrons. The van der Waals surface area contributed by atoms with Crippen LogP contribution in [-0.2, 0) is 4.79 Å². The first-order valence-corrected chi connectivity index (χ1v) is 11.7. The lowest BCUT2D eigenvalue weighted by atomic mass is 10.1. The SMILES string of the molecule is Cc1cccc(NC(=O)CN2CCN(C(=O)c3nn(C(C)C)c(=O)c4ccccc34)CC2)c1C. The second-order valence-electron chi connectivity index (χ2n) is 9.10. The molecule has 0 unspecified atom stereocenters. The molecule has 0 saturated carbocycles. The summed E-state index contributed by atoms with van der Waals surface area (Å²) in [4.78, 5) is 42.5. The van der Waals surface area contributed by atoms with Crippen LogP contribution in [0.3, 0.4) is 0 Å². The van der Waals surface area contributed by atoms with E-state index in [1.807, 2.05) is 56.9 Å². The molecule has 0 atom stereocenters. The number of nitrogens with one attached hydrogen (secondary N) is 1. The van der Waals surface area contributed by atoms with Crippen molar-refractivity contribution in [1.29, 1.82) is 0 Å². The number of benzene rings is 2. The quantitative estimate of drug-likeness (QED) is 0.631. The topological polar surface area (TPSA) is 87.5 Å². The van der Waals surface area contributed by atoms with Crippen molar-refractivity contribution in [1.82, 2.24) is 19.6 Å². The van der Waals surface area contributed by atoms with Crippen LogP contribution in [-0.4, -0.2) is 64.1 Å². The second-order valence-corrected chi connectivity index (χ2v) is 9.10. The van der Waals surface area contributed by atoms with Crippen molar-refractivity contribution in [3.8, 4) is 0 Å². The molecule has 1 aromatic heterocycles. The van der Waals surface area contributed by atoms with Gasteiger partial charge in [0.1, 0.15) is 0 Å². The normalized spacial score (nSPS) is 14.6. The molecule has 1 aliphatic rings. The number of hydrogen-bond donors (Lipinski definition) is 1. The van der Waals surface area contributed by atoms with Crippen LogP contribution in [0.2, 0.25) is 0 Å². The van der Waals surface area contributed by atoms with E-state index >= 15 is 0 Å². The molecule has 4 rings (SSSR count). The molecule has 3 aromatic rings. The maximum absolute atomic E-state index is 13.4. The van der Waals surface area contributed by atoms with E-state index < -0.39 is 0 Å². The zero-order valence-electron chi connectivity index (χ0n) is 20.2. The Kier molecular flexibility index (Phi) is 6.79. The average Bonchev–Trinajstić information content (AvgIpc) is 2.82. The first kappa shape index (κ1) is 23.6. The van der Waals surface area contributed by atoms with Gasteiger partial charge in [-0.1, -0.05) is 30.3 Å².